The maximum absolute atomic E-state index is 13.1. The number of alkyl halides is 3. The molecule has 2 atom stereocenters. The number of amides is 1. The summed E-state index contributed by atoms with van der Waals surface area (Å²) in [6, 6.07) is 10.5. The quantitative estimate of drug-likeness (QED) is 0.687. The molecule has 4 rings (SSSR count). The van der Waals surface area contributed by atoms with Gasteiger partial charge >= 0.3 is 6.18 Å². The van der Waals surface area contributed by atoms with E-state index in [4.69, 9.17) is 23.2 Å². The minimum Gasteiger partial charge on any atom is -0.390 e. The van der Waals surface area contributed by atoms with E-state index in [9.17, 15) is 23.1 Å². The summed E-state index contributed by atoms with van der Waals surface area (Å²) in [4.78, 5) is 18.6. The van der Waals surface area contributed by atoms with Crippen LogP contribution in [-0.2, 0) is 12.7 Å². The van der Waals surface area contributed by atoms with Gasteiger partial charge < -0.3 is 10.0 Å². The molecule has 10 heteroatoms. The number of β-amino-alcohol motifs (C(OH)–C–C–N with tert-alkyl or cyclic N) is 1. The van der Waals surface area contributed by atoms with Crippen LogP contribution in [0.5, 0.6) is 0 Å². The molecular weight excluding hydrogens is 478 g/mol. The summed E-state index contributed by atoms with van der Waals surface area (Å²) in [7, 11) is 0. The third-order valence-electron chi connectivity index (χ3n) is 6.26. The van der Waals surface area contributed by atoms with E-state index in [-0.39, 0.29) is 23.5 Å². The van der Waals surface area contributed by atoms with E-state index in [0.717, 1.165) is 6.07 Å². The standard InChI is InChI=1S/C23H24Cl2F3N3O2/c24-17-4-2-16(3-5-17)22(33)31-13-20(21(32)14-31)30-9-7-29(8-10-30)12-15-1-6-19(25)18(11-15)23(26,27)28/h1-6,11,20-21,32H,7-10,12-14H2/t20-,21-/m0/s1. The van der Waals surface area contributed by atoms with Crippen LogP contribution in [0, 0.1) is 0 Å². The molecule has 0 aromatic heterocycles. The molecule has 2 aliphatic rings. The molecule has 1 N–H and O–H groups in total. The SMILES string of the molecule is O=C(c1ccc(Cl)cc1)N1C[C@H](O)[C@@H](N2CCN(Cc3ccc(Cl)c(C(F)(F)F)c3)CC2)C1. The highest BCUT2D eigenvalue weighted by molar-refractivity contribution is 6.31. The van der Waals surface area contributed by atoms with Gasteiger partial charge in [-0.05, 0) is 42.0 Å². The van der Waals surface area contributed by atoms with E-state index in [1.165, 1.54) is 6.07 Å². The van der Waals surface area contributed by atoms with E-state index >= 15 is 0 Å². The van der Waals surface area contributed by atoms with Gasteiger partial charge in [-0.3, -0.25) is 14.6 Å². The lowest BCUT2D eigenvalue weighted by molar-refractivity contribution is -0.137. The van der Waals surface area contributed by atoms with Crippen LogP contribution in [0.2, 0.25) is 10.0 Å². The molecule has 2 aliphatic heterocycles. The number of carbonyl (C=O) groups is 1. The van der Waals surface area contributed by atoms with Crippen LogP contribution in [0.25, 0.3) is 0 Å². The molecule has 0 unspecified atom stereocenters. The fourth-order valence-electron chi connectivity index (χ4n) is 4.47. The van der Waals surface area contributed by atoms with Gasteiger partial charge in [-0.1, -0.05) is 29.3 Å². The number of aliphatic hydroxyl groups is 1. The highest BCUT2D eigenvalue weighted by atomic mass is 35.5. The smallest absolute Gasteiger partial charge is 0.390 e. The lowest BCUT2D eigenvalue weighted by atomic mass is 10.1. The minimum absolute atomic E-state index is 0.143. The maximum Gasteiger partial charge on any atom is 0.417 e. The number of rotatable bonds is 4. The van der Waals surface area contributed by atoms with E-state index in [2.05, 4.69) is 9.80 Å². The van der Waals surface area contributed by atoms with Crippen molar-refractivity contribution in [3.8, 4) is 0 Å². The van der Waals surface area contributed by atoms with Gasteiger partial charge in [0.05, 0.1) is 22.7 Å². The summed E-state index contributed by atoms with van der Waals surface area (Å²) >= 11 is 11.6. The first-order chi connectivity index (χ1) is 15.6. The van der Waals surface area contributed by atoms with Gasteiger partial charge in [0.1, 0.15) is 0 Å². The predicted octanol–water partition coefficient (Wildman–Crippen LogP) is 4.02. The number of nitrogens with zero attached hydrogens (tertiary/aromatic N) is 3. The highest BCUT2D eigenvalue weighted by Crippen LogP contribution is 2.35. The van der Waals surface area contributed by atoms with Crippen LogP contribution in [0.1, 0.15) is 21.5 Å². The van der Waals surface area contributed by atoms with Gasteiger partial charge in [0.2, 0.25) is 0 Å². The van der Waals surface area contributed by atoms with Gasteiger partial charge in [-0.25, -0.2) is 0 Å². The number of aliphatic hydroxyl groups excluding tert-OH is 1. The molecule has 178 valence electrons. The number of carbonyl (C=O) groups excluding carboxylic acids is 1. The Bertz CT molecular complexity index is 995. The zero-order valence-corrected chi connectivity index (χ0v) is 19.2. The number of hydrogen-bond acceptors (Lipinski definition) is 4. The molecule has 0 bridgehead atoms. The van der Waals surface area contributed by atoms with E-state index < -0.39 is 17.8 Å². The van der Waals surface area contributed by atoms with Gasteiger partial charge in [0.25, 0.3) is 5.91 Å². The number of piperazine rings is 1. The highest BCUT2D eigenvalue weighted by Gasteiger charge is 2.39. The molecule has 2 saturated heterocycles. The monoisotopic (exact) mass is 501 g/mol. The van der Waals surface area contributed by atoms with Crippen molar-refractivity contribution in [2.24, 2.45) is 0 Å². The topological polar surface area (TPSA) is 47.0 Å². The van der Waals surface area contributed by atoms with Crippen LogP contribution in [-0.4, -0.2) is 77.1 Å². The summed E-state index contributed by atoms with van der Waals surface area (Å²) < 4.78 is 39.4. The third-order valence-corrected chi connectivity index (χ3v) is 6.84. The Morgan fingerprint density at radius 3 is 2.30 bits per heavy atom. The number of benzene rings is 2. The Balaban J connectivity index is 1.33. The third kappa shape index (κ3) is 5.63. The van der Waals surface area contributed by atoms with Crippen molar-refractivity contribution < 1.29 is 23.1 Å². The van der Waals surface area contributed by atoms with Crippen molar-refractivity contribution in [1.29, 1.82) is 0 Å². The first-order valence-electron chi connectivity index (χ1n) is 10.7. The molecule has 1 amide bonds. The summed E-state index contributed by atoms with van der Waals surface area (Å²) in [5, 5.41) is 10.8. The van der Waals surface area contributed by atoms with E-state index in [1.807, 2.05) is 0 Å². The van der Waals surface area contributed by atoms with Crippen LogP contribution in [0.4, 0.5) is 13.2 Å². The van der Waals surface area contributed by atoms with Crippen LogP contribution >= 0.6 is 23.2 Å². The first kappa shape index (κ1) is 24.3. The van der Waals surface area contributed by atoms with Gasteiger partial charge in [-0.2, -0.15) is 13.2 Å². The maximum atomic E-state index is 13.1. The zero-order valence-electron chi connectivity index (χ0n) is 17.7. The number of halogens is 5. The molecule has 0 aliphatic carbocycles. The predicted molar refractivity (Wildman–Crippen MR) is 120 cm³/mol. The molecule has 33 heavy (non-hydrogen) atoms. The van der Waals surface area contributed by atoms with Gasteiger partial charge in [0.15, 0.2) is 0 Å². The lowest BCUT2D eigenvalue weighted by Gasteiger charge is -2.38. The normalized spacial score (nSPS) is 22.7. The molecule has 5 nitrogen and oxygen atoms in total. The molecule has 0 saturated carbocycles. The number of likely N-dealkylation sites (tertiary alicyclic amines) is 1. The largest absolute Gasteiger partial charge is 0.417 e. The summed E-state index contributed by atoms with van der Waals surface area (Å²) in [5.74, 6) is -0.143. The van der Waals surface area contributed by atoms with Crippen molar-refractivity contribution >= 4 is 29.1 Å². The summed E-state index contributed by atoms with van der Waals surface area (Å²) in [6.45, 7) is 3.69. The molecule has 2 fully saturated rings. The lowest BCUT2D eigenvalue weighted by Crippen LogP contribution is -2.53. The van der Waals surface area contributed by atoms with Crippen LogP contribution in [0.15, 0.2) is 42.5 Å². The van der Waals surface area contributed by atoms with Crippen molar-refractivity contribution in [3.05, 3.63) is 69.2 Å². The van der Waals surface area contributed by atoms with Crippen molar-refractivity contribution in [2.75, 3.05) is 39.3 Å². The second kappa shape index (κ2) is 9.80. The Labute approximate surface area is 200 Å². The molecule has 2 aromatic rings. The Morgan fingerprint density at radius 2 is 1.67 bits per heavy atom. The second-order valence-corrected chi connectivity index (χ2v) is 9.32. The fourth-order valence-corrected chi connectivity index (χ4v) is 4.82. The second-order valence-electron chi connectivity index (χ2n) is 8.48. The first-order valence-corrected chi connectivity index (χ1v) is 11.4. The average molecular weight is 502 g/mol. The van der Waals surface area contributed by atoms with Gasteiger partial charge in [-0.15, -0.1) is 0 Å². The van der Waals surface area contributed by atoms with Crippen molar-refractivity contribution in [3.63, 3.8) is 0 Å². The van der Waals surface area contributed by atoms with E-state index in [1.54, 1.807) is 35.2 Å². The van der Waals surface area contributed by atoms with Crippen LogP contribution in [0.3, 0.4) is 0 Å². The van der Waals surface area contributed by atoms with Gasteiger partial charge in [0, 0.05) is 56.4 Å². The Kier molecular flexibility index (Phi) is 7.21. The molecule has 0 radical (unpaired) electrons. The Morgan fingerprint density at radius 1 is 1.00 bits per heavy atom. The fraction of sp³-hybridized carbons (Fsp3) is 0.435. The van der Waals surface area contributed by atoms with Crippen molar-refractivity contribution in [2.45, 2.75) is 24.9 Å². The molecule has 0 spiro atoms. The molecular formula is C23H24Cl2F3N3O2. The Hall–Kier alpha value is -1.84. The minimum atomic E-state index is -4.49. The van der Waals surface area contributed by atoms with Crippen LogP contribution < -0.4 is 0 Å². The molecule has 2 heterocycles. The summed E-state index contributed by atoms with van der Waals surface area (Å²) in [6.07, 6.45) is -5.14. The average Bonchev–Trinajstić information content (AvgIpc) is 3.16. The summed E-state index contributed by atoms with van der Waals surface area (Å²) in [5.41, 5.74) is 0.263. The van der Waals surface area contributed by atoms with E-state index in [0.29, 0.717) is 55.4 Å². The van der Waals surface area contributed by atoms with Crippen molar-refractivity contribution in [1.82, 2.24) is 14.7 Å². The zero-order chi connectivity index (χ0) is 23.8. The number of hydrogen-bond donors (Lipinski definition) is 1. The molecule has 2 aromatic carbocycles.